The summed E-state index contributed by atoms with van der Waals surface area (Å²) in [7, 11) is 0. The maximum Gasteiger partial charge on any atom is 0.253 e. The molecule has 2 aromatic carbocycles. The van der Waals surface area contributed by atoms with E-state index in [1.807, 2.05) is 0 Å². The Labute approximate surface area is 143 Å². The molecule has 128 valence electrons. The molecule has 0 atom stereocenters. The summed E-state index contributed by atoms with van der Waals surface area (Å²) in [4.78, 5) is 16.7. The topological polar surface area (TPSA) is 62.2 Å². The molecule has 0 fully saturated rings. The first-order valence-corrected chi connectivity index (χ1v) is 7.71. The Morgan fingerprint density at radius 1 is 1.16 bits per heavy atom. The fourth-order valence-corrected chi connectivity index (χ4v) is 2.60. The van der Waals surface area contributed by atoms with Gasteiger partial charge < -0.3 is 10.4 Å². The average Bonchev–Trinajstić information content (AvgIpc) is 2.60. The molecule has 25 heavy (non-hydrogen) atoms. The van der Waals surface area contributed by atoms with Gasteiger partial charge >= 0.3 is 0 Å². The first kappa shape index (κ1) is 17.0. The number of carbonyl (C=O) groups excluding carboxylic acids is 1. The van der Waals surface area contributed by atoms with Gasteiger partial charge in [-0.1, -0.05) is 6.07 Å². The Hall–Kier alpha value is -2.86. The van der Waals surface area contributed by atoms with Gasteiger partial charge in [0.25, 0.3) is 5.91 Å². The number of fused-ring (bicyclic) bond motifs is 1. The molecule has 0 aliphatic heterocycles. The summed E-state index contributed by atoms with van der Waals surface area (Å²) in [6, 6.07) is 10.2. The Balaban J connectivity index is 1.80. The lowest BCUT2D eigenvalue weighted by molar-refractivity contribution is 0.0950. The smallest absolute Gasteiger partial charge is 0.253 e. The second-order valence-electron chi connectivity index (χ2n) is 5.72. The maximum atomic E-state index is 13.4. The third kappa shape index (κ3) is 3.64. The summed E-state index contributed by atoms with van der Waals surface area (Å²) in [5.74, 6) is -1.20. The van der Waals surface area contributed by atoms with Crippen molar-refractivity contribution in [2.45, 2.75) is 20.1 Å². The number of nitrogens with one attached hydrogen (secondary N) is 1. The van der Waals surface area contributed by atoms with Crippen molar-refractivity contribution in [1.29, 1.82) is 0 Å². The molecular weight excluding hydrogens is 326 g/mol. The second-order valence-corrected chi connectivity index (χ2v) is 5.72. The predicted octanol–water partition coefficient (Wildman–Crippen LogP) is 3.24. The van der Waals surface area contributed by atoms with Crippen molar-refractivity contribution < 1.29 is 18.7 Å². The van der Waals surface area contributed by atoms with E-state index >= 15 is 0 Å². The summed E-state index contributed by atoms with van der Waals surface area (Å²) < 4.78 is 26.6. The van der Waals surface area contributed by atoms with Crippen LogP contribution in [-0.4, -0.2) is 16.0 Å². The number of halogens is 2. The molecule has 0 radical (unpaired) electrons. The SMILES string of the molecule is Cc1nc2cc(F)ccc2cc1C(=O)NCc1ccc(F)c(CO)c1. The zero-order valence-electron chi connectivity index (χ0n) is 13.5. The first-order chi connectivity index (χ1) is 12.0. The highest BCUT2D eigenvalue weighted by Crippen LogP contribution is 2.18. The minimum Gasteiger partial charge on any atom is -0.392 e. The van der Waals surface area contributed by atoms with E-state index in [0.717, 1.165) is 0 Å². The fourth-order valence-electron chi connectivity index (χ4n) is 2.60. The zero-order chi connectivity index (χ0) is 18.0. The molecule has 1 heterocycles. The standard InChI is InChI=1S/C19H16F2N2O2/c1-11-16(7-13-3-4-15(20)8-18(13)23-11)19(25)22-9-12-2-5-17(21)14(6-12)10-24/h2-8,24H,9-10H2,1H3,(H,22,25). The van der Waals surface area contributed by atoms with E-state index in [4.69, 9.17) is 5.11 Å². The van der Waals surface area contributed by atoms with Crippen molar-refractivity contribution in [3.05, 3.63) is 76.5 Å². The van der Waals surface area contributed by atoms with Gasteiger partial charge in [0, 0.05) is 23.6 Å². The van der Waals surface area contributed by atoms with Crippen LogP contribution in [0, 0.1) is 18.6 Å². The number of amides is 1. The first-order valence-electron chi connectivity index (χ1n) is 7.71. The number of aryl methyl sites for hydroxylation is 1. The number of benzene rings is 2. The van der Waals surface area contributed by atoms with Crippen LogP contribution in [0.1, 0.15) is 27.2 Å². The number of rotatable bonds is 4. The van der Waals surface area contributed by atoms with E-state index in [1.165, 1.54) is 24.3 Å². The Morgan fingerprint density at radius 2 is 1.96 bits per heavy atom. The van der Waals surface area contributed by atoms with Crippen LogP contribution in [0.2, 0.25) is 0 Å². The lowest BCUT2D eigenvalue weighted by Crippen LogP contribution is -2.24. The molecular formula is C19H16F2N2O2. The normalized spacial score (nSPS) is 10.9. The van der Waals surface area contributed by atoms with E-state index in [1.54, 1.807) is 25.1 Å². The van der Waals surface area contributed by atoms with Crippen LogP contribution in [0.15, 0.2) is 42.5 Å². The van der Waals surface area contributed by atoms with Crippen molar-refractivity contribution in [3.63, 3.8) is 0 Å². The summed E-state index contributed by atoms with van der Waals surface area (Å²) >= 11 is 0. The molecule has 0 bridgehead atoms. The highest BCUT2D eigenvalue weighted by atomic mass is 19.1. The van der Waals surface area contributed by atoms with E-state index < -0.39 is 12.4 Å². The van der Waals surface area contributed by atoms with Gasteiger partial charge in [-0.25, -0.2) is 8.78 Å². The number of pyridine rings is 1. The molecule has 1 amide bonds. The van der Waals surface area contributed by atoms with E-state index in [9.17, 15) is 13.6 Å². The van der Waals surface area contributed by atoms with Gasteiger partial charge in [0.2, 0.25) is 0 Å². The third-order valence-electron chi connectivity index (χ3n) is 3.95. The monoisotopic (exact) mass is 342 g/mol. The number of carbonyl (C=O) groups is 1. The lowest BCUT2D eigenvalue weighted by atomic mass is 10.1. The van der Waals surface area contributed by atoms with Gasteiger partial charge in [-0.3, -0.25) is 9.78 Å². The highest BCUT2D eigenvalue weighted by Gasteiger charge is 2.12. The molecule has 4 nitrogen and oxygen atoms in total. The zero-order valence-corrected chi connectivity index (χ0v) is 13.5. The van der Waals surface area contributed by atoms with Gasteiger partial charge in [-0.2, -0.15) is 0 Å². The number of aromatic nitrogens is 1. The molecule has 3 aromatic rings. The van der Waals surface area contributed by atoms with Crippen molar-refractivity contribution in [3.8, 4) is 0 Å². The summed E-state index contributed by atoms with van der Waals surface area (Å²) in [5.41, 5.74) is 2.22. The summed E-state index contributed by atoms with van der Waals surface area (Å²) in [6.07, 6.45) is 0. The predicted molar refractivity (Wildman–Crippen MR) is 89.9 cm³/mol. The summed E-state index contributed by atoms with van der Waals surface area (Å²) in [6.45, 7) is 1.46. The van der Waals surface area contributed by atoms with Crippen molar-refractivity contribution in [1.82, 2.24) is 10.3 Å². The molecule has 3 rings (SSSR count). The molecule has 0 unspecified atom stereocenters. The minimum absolute atomic E-state index is 0.178. The lowest BCUT2D eigenvalue weighted by Gasteiger charge is -2.10. The van der Waals surface area contributed by atoms with Crippen LogP contribution >= 0.6 is 0 Å². The highest BCUT2D eigenvalue weighted by molar-refractivity contribution is 5.98. The Kier molecular flexibility index (Phi) is 4.72. The molecule has 0 aliphatic carbocycles. The number of hydrogen-bond acceptors (Lipinski definition) is 3. The third-order valence-corrected chi connectivity index (χ3v) is 3.95. The van der Waals surface area contributed by atoms with Gasteiger partial charge in [0.1, 0.15) is 11.6 Å². The van der Waals surface area contributed by atoms with Gasteiger partial charge in [-0.05, 0) is 42.8 Å². The van der Waals surface area contributed by atoms with Crippen LogP contribution in [0.25, 0.3) is 10.9 Å². The van der Waals surface area contributed by atoms with Crippen molar-refractivity contribution in [2.75, 3.05) is 0 Å². The van der Waals surface area contributed by atoms with Crippen LogP contribution in [-0.2, 0) is 13.2 Å². The molecule has 2 N–H and O–H groups in total. The molecule has 0 aliphatic rings. The number of nitrogens with zero attached hydrogens (tertiary/aromatic N) is 1. The average molecular weight is 342 g/mol. The van der Waals surface area contributed by atoms with Gasteiger partial charge in [0.15, 0.2) is 0 Å². The largest absolute Gasteiger partial charge is 0.392 e. The fraction of sp³-hybridized carbons (Fsp3) is 0.158. The van der Waals surface area contributed by atoms with E-state index in [-0.39, 0.29) is 23.8 Å². The maximum absolute atomic E-state index is 13.4. The molecule has 0 saturated heterocycles. The molecule has 1 aromatic heterocycles. The van der Waals surface area contributed by atoms with Crippen LogP contribution in [0.5, 0.6) is 0 Å². The minimum atomic E-state index is -0.487. The Bertz CT molecular complexity index is 958. The molecule has 0 saturated carbocycles. The number of aliphatic hydroxyl groups is 1. The summed E-state index contributed by atoms with van der Waals surface area (Å²) in [5, 5.41) is 12.5. The van der Waals surface area contributed by atoms with Crippen LogP contribution < -0.4 is 5.32 Å². The van der Waals surface area contributed by atoms with Gasteiger partial charge in [-0.15, -0.1) is 0 Å². The number of aliphatic hydroxyl groups excluding tert-OH is 1. The van der Waals surface area contributed by atoms with Crippen LogP contribution in [0.4, 0.5) is 8.78 Å². The van der Waals surface area contributed by atoms with E-state index in [0.29, 0.717) is 27.7 Å². The van der Waals surface area contributed by atoms with Gasteiger partial charge in [0.05, 0.1) is 23.4 Å². The second kappa shape index (κ2) is 6.94. The molecule has 6 heteroatoms. The van der Waals surface area contributed by atoms with Crippen molar-refractivity contribution in [2.24, 2.45) is 0 Å². The van der Waals surface area contributed by atoms with Crippen molar-refractivity contribution >= 4 is 16.8 Å². The van der Waals surface area contributed by atoms with Crippen LogP contribution in [0.3, 0.4) is 0 Å². The Morgan fingerprint density at radius 3 is 2.72 bits per heavy atom. The quantitative estimate of drug-likeness (QED) is 0.765. The molecule has 0 spiro atoms. The van der Waals surface area contributed by atoms with E-state index in [2.05, 4.69) is 10.3 Å². The number of hydrogen-bond donors (Lipinski definition) is 2.